The molecule has 2 aromatic carbocycles. The predicted octanol–water partition coefficient (Wildman–Crippen LogP) is 3.40. The molecular formula is C24H27FN2O3. The number of ether oxygens (including phenoxy) is 2. The molecule has 0 radical (unpaired) electrons. The second-order valence-electron chi connectivity index (χ2n) is 8.82. The number of esters is 1. The maximum Gasteiger partial charge on any atom is 0.342 e. The van der Waals surface area contributed by atoms with E-state index in [-0.39, 0.29) is 23.3 Å². The highest BCUT2D eigenvalue weighted by atomic mass is 19.1. The minimum atomic E-state index is -0.297. The number of carbonyl (C=O) groups is 1. The molecule has 3 aliphatic heterocycles. The maximum atomic E-state index is 13.9. The number of nitrogens with zero attached hydrogens (tertiary/aromatic N) is 2. The van der Waals surface area contributed by atoms with Crippen molar-refractivity contribution in [3.8, 4) is 5.75 Å². The number of anilines is 1. The molecule has 0 bridgehead atoms. The summed E-state index contributed by atoms with van der Waals surface area (Å²) in [6.45, 7) is 3.50. The first-order chi connectivity index (χ1) is 14.5. The van der Waals surface area contributed by atoms with Crippen molar-refractivity contribution in [2.75, 3.05) is 45.2 Å². The number of hydrogen-bond donors (Lipinski definition) is 0. The third-order valence-corrected chi connectivity index (χ3v) is 7.01. The van der Waals surface area contributed by atoms with Gasteiger partial charge in [-0.05, 0) is 61.3 Å². The number of methoxy groups -OCH3 is 1. The molecule has 6 heteroatoms. The standard InChI is InChI=1S/C24H27FN2O3/c1-26-15-24(19-13-17(25)6-7-20(19)26)8-10-27(11-9-24)14-18-12-16-4-3-5-21(29-2)22(16)23(28)30-18/h3-7,13,18H,8-12,14-15H2,1-2H3. The Morgan fingerprint density at radius 3 is 2.80 bits per heavy atom. The van der Waals surface area contributed by atoms with Gasteiger partial charge in [-0.15, -0.1) is 0 Å². The van der Waals surface area contributed by atoms with Crippen molar-refractivity contribution in [1.29, 1.82) is 0 Å². The van der Waals surface area contributed by atoms with Crippen LogP contribution < -0.4 is 9.64 Å². The molecule has 158 valence electrons. The van der Waals surface area contributed by atoms with Crippen LogP contribution in [0.2, 0.25) is 0 Å². The van der Waals surface area contributed by atoms with Crippen LogP contribution in [0, 0.1) is 5.82 Å². The van der Waals surface area contributed by atoms with Crippen molar-refractivity contribution in [3.05, 3.63) is 58.9 Å². The number of piperidine rings is 1. The molecule has 1 fully saturated rings. The van der Waals surface area contributed by atoms with E-state index in [1.807, 2.05) is 18.2 Å². The molecule has 5 nitrogen and oxygen atoms in total. The van der Waals surface area contributed by atoms with Crippen LogP contribution in [-0.4, -0.2) is 57.3 Å². The number of cyclic esters (lactones) is 1. The van der Waals surface area contributed by atoms with Crippen LogP contribution in [0.1, 0.15) is 34.3 Å². The van der Waals surface area contributed by atoms with Gasteiger partial charge in [0, 0.05) is 37.7 Å². The third-order valence-electron chi connectivity index (χ3n) is 7.01. The summed E-state index contributed by atoms with van der Waals surface area (Å²) in [5, 5.41) is 0. The van der Waals surface area contributed by atoms with Gasteiger partial charge in [-0.25, -0.2) is 9.18 Å². The fourth-order valence-electron chi connectivity index (χ4n) is 5.52. The molecule has 1 unspecified atom stereocenters. The molecule has 30 heavy (non-hydrogen) atoms. The maximum absolute atomic E-state index is 13.9. The van der Waals surface area contributed by atoms with Crippen LogP contribution >= 0.6 is 0 Å². The first-order valence-corrected chi connectivity index (χ1v) is 10.6. The largest absolute Gasteiger partial charge is 0.496 e. The summed E-state index contributed by atoms with van der Waals surface area (Å²) in [5.74, 6) is 0.121. The second kappa shape index (κ2) is 7.27. The first kappa shape index (κ1) is 19.4. The third kappa shape index (κ3) is 3.14. The molecule has 0 aliphatic carbocycles. The number of benzene rings is 2. The van der Waals surface area contributed by atoms with E-state index < -0.39 is 0 Å². The number of fused-ring (bicyclic) bond motifs is 3. The number of hydrogen-bond acceptors (Lipinski definition) is 5. The molecule has 3 aliphatic rings. The highest BCUT2D eigenvalue weighted by molar-refractivity contribution is 5.95. The van der Waals surface area contributed by atoms with Gasteiger partial charge in [-0.2, -0.15) is 0 Å². The van der Waals surface area contributed by atoms with E-state index >= 15 is 0 Å². The van der Waals surface area contributed by atoms with Crippen molar-refractivity contribution in [1.82, 2.24) is 4.90 Å². The SMILES string of the molecule is COc1cccc2c1C(=O)OC(CN1CCC3(CC1)CN(C)c1ccc(F)cc13)C2. The molecule has 3 heterocycles. The zero-order valence-corrected chi connectivity index (χ0v) is 17.5. The molecule has 0 aromatic heterocycles. The Labute approximate surface area is 176 Å². The van der Waals surface area contributed by atoms with Crippen LogP contribution in [0.4, 0.5) is 10.1 Å². The first-order valence-electron chi connectivity index (χ1n) is 10.6. The Morgan fingerprint density at radius 2 is 2.03 bits per heavy atom. The van der Waals surface area contributed by atoms with Gasteiger partial charge in [-0.1, -0.05) is 12.1 Å². The van der Waals surface area contributed by atoms with Crippen molar-refractivity contribution in [3.63, 3.8) is 0 Å². The number of rotatable bonds is 3. The fraction of sp³-hybridized carbons (Fsp3) is 0.458. The Balaban J connectivity index is 1.27. The number of carbonyl (C=O) groups excluding carboxylic acids is 1. The van der Waals surface area contributed by atoms with E-state index in [2.05, 4.69) is 16.8 Å². The van der Waals surface area contributed by atoms with E-state index in [0.29, 0.717) is 17.7 Å². The van der Waals surface area contributed by atoms with Crippen LogP contribution in [0.25, 0.3) is 0 Å². The van der Waals surface area contributed by atoms with Gasteiger partial charge in [0.25, 0.3) is 0 Å². The van der Waals surface area contributed by atoms with Crippen molar-refractivity contribution < 1.29 is 18.7 Å². The minimum Gasteiger partial charge on any atom is -0.496 e. The van der Waals surface area contributed by atoms with Gasteiger partial charge in [-0.3, -0.25) is 4.90 Å². The molecule has 1 atom stereocenters. The Hall–Kier alpha value is -2.60. The van der Waals surface area contributed by atoms with Crippen molar-refractivity contribution in [2.24, 2.45) is 0 Å². The quantitative estimate of drug-likeness (QED) is 0.726. The average Bonchev–Trinajstić information content (AvgIpc) is 3.00. The van der Waals surface area contributed by atoms with Crippen LogP contribution in [0.3, 0.4) is 0 Å². The molecule has 2 aromatic rings. The summed E-state index contributed by atoms with van der Waals surface area (Å²) in [6.07, 6.45) is 2.52. The van der Waals surface area contributed by atoms with Crippen LogP contribution in [0.5, 0.6) is 5.75 Å². The molecule has 1 saturated heterocycles. The molecule has 0 amide bonds. The zero-order valence-electron chi connectivity index (χ0n) is 17.5. The summed E-state index contributed by atoms with van der Waals surface area (Å²) >= 11 is 0. The van der Waals surface area contributed by atoms with Gasteiger partial charge < -0.3 is 14.4 Å². The van der Waals surface area contributed by atoms with Crippen molar-refractivity contribution >= 4 is 11.7 Å². The summed E-state index contributed by atoms with van der Waals surface area (Å²) in [5.41, 5.74) is 3.87. The normalized spacial score (nSPS) is 22.6. The lowest BCUT2D eigenvalue weighted by Crippen LogP contribution is -2.48. The molecule has 1 spiro atoms. The Bertz CT molecular complexity index is 984. The van der Waals surface area contributed by atoms with E-state index in [0.717, 1.165) is 55.8 Å². The summed E-state index contributed by atoms with van der Waals surface area (Å²) in [6, 6.07) is 10.9. The Kier molecular flexibility index (Phi) is 4.69. The molecule has 5 rings (SSSR count). The van der Waals surface area contributed by atoms with Crippen molar-refractivity contribution in [2.45, 2.75) is 30.8 Å². The fourth-order valence-corrected chi connectivity index (χ4v) is 5.52. The summed E-state index contributed by atoms with van der Waals surface area (Å²) in [7, 11) is 3.66. The van der Waals surface area contributed by atoms with E-state index in [9.17, 15) is 9.18 Å². The topological polar surface area (TPSA) is 42.0 Å². The molecule has 0 saturated carbocycles. The van der Waals surface area contributed by atoms with E-state index in [4.69, 9.17) is 9.47 Å². The van der Waals surface area contributed by atoms with E-state index in [1.165, 1.54) is 0 Å². The lowest BCUT2D eigenvalue weighted by atomic mass is 9.74. The highest BCUT2D eigenvalue weighted by Crippen LogP contribution is 2.46. The lowest BCUT2D eigenvalue weighted by molar-refractivity contribution is 0.0109. The lowest BCUT2D eigenvalue weighted by Gasteiger charge is -2.41. The minimum absolute atomic E-state index is 0.0197. The van der Waals surface area contributed by atoms with Gasteiger partial charge in [0.1, 0.15) is 23.2 Å². The number of likely N-dealkylation sites (N-methyl/N-ethyl adjacent to an activating group) is 1. The summed E-state index contributed by atoms with van der Waals surface area (Å²) in [4.78, 5) is 17.2. The number of halogens is 1. The number of likely N-dealkylation sites (tertiary alicyclic amines) is 1. The van der Waals surface area contributed by atoms with Crippen LogP contribution in [-0.2, 0) is 16.6 Å². The average molecular weight is 410 g/mol. The predicted molar refractivity (Wildman–Crippen MR) is 113 cm³/mol. The van der Waals surface area contributed by atoms with Crippen LogP contribution in [0.15, 0.2) is 36.4 Å². The van der Waals surface area contributed by atoms with Gasteiger partial charge in [0.2, 0.25) is 0 Å². The van der Waals surface area contributed by atoms with Gasteiger partial charge in [0.15, 0.2) is 0 Å². The smallest absolute Gasteiger partial charge is 0.342 e. The Morgan fingerprint density at radius 1 is 1.23 bits per heavy atom. The van der Waals surface area contributed by atoms with Gasteiger partial charge >= 0.3 is 5.97 Å². The monoisotopic (exact) mass is 410 g/mol. The zero-order chi connectivity index (χ0) is 20.9. The van der Waals surface area contributed by atoms with E-state index in [1.54, 1.807) is 25.3 Å². The second-order valence-corrected chi connectivity index (χ2v) is 8.82. The summed E-state index contributed by atoms with van der Waals surface area (Å²) < 4.78 is 25.0. The molecule has 0 N–H and O–H groups in total. The molecular weight excluding hydrogens is 383 g/mol. The van der Waals surface area contributed by atoms with Gasteiger partial charge in [0.05, 0.1) is 7.11 Å². The highest BCUT2D eigenvalue weighted by Gasteiger charge is 2.44.